The van der Waals surface area contributed by atoms with Crippen molar-refractivity contribution in [1.82, 2.24) is 0 Å². The Morgan fingerprint density at radius 1 is 0.667 bits per heavy atom. The Morgan fingerprint density at radius 3 is 0.889 bits per heavy atom. The van der Waals surface area contributed by atoms with Gasteiger partial charge in [-0.2, -0.15) is 0 Å². The highest BCUT2D eigenvalue weighted by atomic mass is 28.3. The van der Waals surface area contributed by atoms with Gasteiger partial charge in [-0.1, -0.05) is 0 Å². The van der Waals surface area contributed by atoms with Crippen molar-refractivity contribution in [2.45, 2.75) is 0 Å². The molecular formula is C4N4Si. The van der Waals surface area contributed by atoms with Gasteiger partial charge in [0.05, 0.1) is 22.8 Å². The molecule has 0 aliphatic carbocycles. The summed E-state index contributed by atoms with van der Waals surface area (Å²) in [6, 6.07) is 0. The van der Waals surface area contributed by atoms with E-state index in [-0.39, 0.29) is 0 Å². The molecule has 0 saturated carbocycles. The lowest BCUT2D eigenvalue weighted by molar-refractivity contribution is 1.50. The summed E-state index contributed by atoms with van der Waals surface area (Å²) in [6.07, 6.45) is 0. The van der Waals surface area contributed by atoms with E-state index in [9.17, 15) is 0 Å². The average Bonchev–Trinajstić information content (AvgIpc) is 1.95. The zero-order valence-electron chi connectivity index (χ0n) is 4.29. The summed E-state index contributed by atoms with van der Waals surface area (Å²) in [5.41, 5.74) is 5.68. The molecule has 0 fully saturated rings. The molecule has 0 rings (SSSR count). The van der Waals surface area contributed by atoms with Crippen LogP contribution in [0.2, 0.25) is 0 Å². The summed E-state index contributed by atoms with van der Waals surface area (Å²) in [4.78, 5) is 0. The van der Waals surface area contributed by atoms with Gasteiger partial charge in [0.2, 0.25) is 0 Å². The van der Waals surface area contributed by atoms with Crippen LogP contribution in [0.1, 0.15) is 0 Å². The lowest BCUT2D eigenvalue weighted by atomic mass is 11.6. The number of nitrogens with zero attached hydrogens (tertiary/aromatic N) is 4. The smallest absolute Gasteiger partial charge is 0.202 e. The van der Waals surface area contributed by atoms with E-state index in [4.69, 9.17) is 21.0 Å². The quantitative estimate of drug-likeness (QED) is 0.422. The maximum atomic E-state index is 8.12. The summed E-state index contributed by atoms with van der Waals surface area (Å²) < 4.78 is 0. The SMILES string of the molecule is N#C[Si](C#N)(C#N)C#N. The molecule has 4 nitrogen and oxygen atoms in total. The Labute approximate surface area is 52.8 Å². The van der Waals surface area contributed by atoms with E-state index >= 15 is 0 Å². The highest BCUT2D eigenvalue weighted by Gasteiger charge is 2.36. The normalized spacial score (nSPS) is 7.56. The predicted molar refractivity (Wildman–Crippen MR) is 28.2 cm³/mol. The van der Waals surface area contributed by atoms with Gasteiger partial charge < -0.3 is 0 Å². The Hall–Kier alpha value is -1.82. The van der Waals surface area contributed by atoms with E-state index < -0.39 is 8.07 Å². The van der Waals surface area contributed by atoms with E-state index in [0.29, 0.717) is 0 Å². The van der Waals surface area contributed by atoms with E-state index in [2.05, 4.69) is 0 Å². The Kier molecular flexibility index (Phi) is 1.97. The number of hydrogen-bond donors (Lipinski definition) is 0. The summed E-state index contributed by atoms with van der Waals surface area (Å²) in [7, 11) is -3.47. The van der Waals surface area contributed by atoms with Gasteiger partial charge in [0, 0.05) is 0 Å². The van der Waals surface area contributed by atoms with Crippen molar-refractivity contribution in [3.8, 4) is 22.8 Å². The number of rotatable bonds is 0. The van der Waals surface area contributed by atoms with Crippen LogP contribution in [0.5, 0.6) is 0 Å². The minimum Gasteiger partial charge on any atom is -0.202 e. The van der Waals surface area contributed by atoms with Gasteiger partial charge >= 0.3 is 8.07 Å². The highest BCUT2D eigenvalue weighted by Crippen LogP contribution is 1.92. The van der Waals surface area contributed by atoms with Crippen molar-refractivity contribution < 1.29 is 0 Å². The molecule has 0 bridgehead atoms. The van der Waals surface area contributed by atoms with Crippen molar-refractivity contribution in [2.75, 3.05) is 0 Å². The Morgan fingerprint density at radius 2 is 0.889 bits per heavy atom. The fourth-order valence-electron chi connectivity index (χ4n) is 0.150. The van der Waals surface area contributed by atoms with Gasteiger partial charge in [0.1, 0.15) is 0 Å². The van der Waals surface area contributed by atoms with Gasteiger partial charge in [-0.15, -0.1) is 0 Å². The number of hydrogen-bond acceptors (Lipinski definition) is 4. The molecule has 0 aromatic rings. The molecule has 0 heterocycles. The molecule has 0 aromatic carbocycles. The Bertz CT molecular complexity index is 205. The van der Waals surface area contributed by atoms with Crippen LogP contribution in [0.15, 0.2) is 0 Å². The van der Waals surface area contributed by atoms with E-state index in [1.165, 1.54) is 22.8 Å². The first-order chi connectivity index (χ1) is 4.24. The first-order valence-electron chi connectivity index (χ1n) is 1.89. The minimum atomic E-state index is -3.47. The molecule has 0 aromatic heterocycles. The molecule has 5 heteroatoms. The van der Waals surface area contributed by atoms with Crippen LogP contribution >= 0.6 is 0 Å². The van der Waals surface area contributed by atoms with E-state index in [0.717, 1.165) is 0 Å². The van der Waals surface area contributed by atoms with Crippen molar-refractivity contribution in [3.05, 3.63) is 0 Å². The Balaban J connectivity index is 4.84. The van der Waals surface area contributed by atoms with Crippen molar-refractivity contribution >= 4 is 8.07 Å². The molecule has 0 N–H and O–H groups in total. The fraction of sp³-hybridized carbons (Fsp3) is 0. The second-order valence-corrected chi connectivity index (χ2v) is 3.59. The third-order valence-electron chi connectivity index (χ3n) is 0.671. The van der Waals surface area contributed by atoms with Crippen molar-refractivity contribution in [3.63, 3.8) is 0 Å². The number of nitriles is 4. The molecule has 0 spiro atoms. The van der Waals surface area contributed by atoms with Crippen LogP contribution in [0, 0.1) is 43.8 Å². The standard InChI is InChI=1S/C4N4Si/c5-1-9(2-6,3-7)4-8. The van der Waals surface area contributed by atoms with Gasteiger partial charge in [-0.25, -0.2) is 21.0 Å². The fourth-order valence-corrected chi connectivity index (χ4v) is 0.450. The zero-order valence-corrected chi connectivity index (χ0v) is 5.29. The summed E-state index contributed by atoms with van der Waals surface area (Å²) >= 11 is 0. The van der Waals surface area contributed by atoms with E-state index in [1.807, 2.05) is 0 Å². The largest absolute Gasteiger partial charge is 0.489 e. The lowest BCUT2D eigenvalue weighted by Gasteiger charge is -1.84. The summed E-state index contributed by atoms with van der Waals surface area (Å²) in [5, 5.41) is 32.5. The first kappa shape index (κ1) is 7.18. The van der Waals surface area contributed by atoms with Crippen LogP contribution in [0.3, 0.4) is 0 Å². The molecule has 0 atom stereocenters. The lowest BCUT2D eigenvalue weighted by Crippen LogP contribution is -2.26. The first-order valence-corrected chi connectivity index (χ1v) is 3.89. The van der Waals surface area contributed by atoms with Gasteiger partial charge in [0.15, 0.2) is 0 Å². The van der Waals surface area contributed by atoms with Crippen LogP contribution in [-0.4, -0.2) is 8.07 Å². The molecule has 9 heavy (non-hydrogen) atoms. The summed E-state index contributed by atoms with van der Waals surface area (Å²) in [5.74, 6) is 0. The molecule has 40 valence electrons. The van der Waals surface area contributed by atoms with Crippen LogP contribution < -0.4 is 0 Å². The van der Waals surface area contributed by atoms with Crippen LogP contribution in [0.4, 0.5) is 0 Å². The molecule has 0 radical (unpaired) electrons. The van der Waals surface area contributed by atoms with Crippen LogP contribution in [0.25, 0.3) is 0 Å². The third-order valence-corrected chi connectivity index (χ3v) is 2.01. The summed E-state index contributed by atoms with van der Waals surface area (Å²) in [6.45, 7) is 0. The van der Waals surface area contributed by atoms with Crippen LogP contribution in [-0.2, 0) is 0 Å². The monoisotopic (exact) mass is 132 g/mol. The molecule has 0 amide bonds. The molecule has 0 aliphatic rings. The minimum absolute atomic E-state index is 1.42. The van der Waals surface area contributed by atoms with Gasteiger partial charge in [-0.05, 0) is 0 Å². The second-order valence-electron chi connectivity index (χ2n) is 1.20. The maximum absolute atomic E-state index is 8.12. The average molecular weight is 132 g/mol. The second kappa shape index (κ2) is 2.48. The van der Waals surface area contributed by atoms with Crippen molar-refractivity contribution in [1.29, 1.82) is 21.0 Å². The molecule has 0 aliphatic heterocycles. The third kappa shape index (κ3) is 1.04. The molecule has 0 saturated heterocycles. The molecule has 0 unspecified atom stereocenters. The van der Waals surface area contributed by atoms with Gasteiger partial charge in [-0.3, -0.25) is 0 Å². The maximum Gasteiger partial charge on any atom is 0.489 e. The zero-order chi connectivity index (χ0) is 7.33. The van der Waals surface area contributed by atoms with E-state index in [1.54, 1.807) is 0 Å². The topological polar surface area (TPSA) is 95.2 Å². The predicted octanol–water partition coefficient (Wildman–Crippen LogP) is -0.314. The highest BCUT2D eigenvalue weighted by molar-refractivity contribution is 7.05. The molecular weight excluding hydrogens is 132 g/mol. The van der Waals surface area contributed by atoms with Gasteiger partial charge in [0.25, 0.3) is 0 Å². The van der Waals surface area contributed by atoms with Crippen molar-refractivity contribution in [2.24, 2.45) is 0 Å².